The zero-order valence-corrected chi connectivity index (χ0v) is 13.1. The Labute approximate surface area is 115 Å². The number of rotatable bonds is 6. The Hall–Kier alpha value is -0.0800. The van der Waals surface area contributed by atoms with Crippen molar-refractivity contribution in [2.45, 2.75) is 72.3 Å². The van der Waals surface area contributed by atoms with Gasteiger partial charge in [-0.3, -0.25) is 0 Å². The van der Waals surface area contributed by atoms with Crippen molar-refractivity contribution in [2.24, 2.45) is 5.41 Å². The maximum Gasteiger partial charge on any atom is 0.0243 e. The molecule has 0 spiro atoms. The Bertz CT molecular complexity index is 208. The van der Waals surface area contributed by atoms with Crippen LogP contribution in [0, 0.1) is 5.41 Å². The van der Waals surface area contributed by atoms with Crippen molar-refractivity contribution in [3.63, 3.8) is 0 Å². The third-order valence-corrected chi connectivity index (χ3v) is 4.11. The lowest BCUT2D eigenvalue weighted by atomic mass is 9.86. The van der Waals surface area contributed by atoms with Gasteiger partial charge in [0.25, 0.3) is 0 Å². The van der Waals surface area contributed by atoms with Gasteiger partial charge in [0.15, 0.2) is 0 Å². The summed E-state index contributed by atoms with van der Waals surface area (Å²) in [7, 11) is 0. The molecule has 1 saturated heterocycles. The first-order valence-electron chi connectivity index (χ1n) is 7.99. The summed E-state index contributed by atoms with van der Waals surface area (Å²) >= 11 is 0. The average Bonchev–Trinajstić information content (AvgIpc) is 2.54. The van der Waals surface area contributed by atoms with E-state index in [1.54, 1.807) is 0 Å². The van der Waals surface area contributed by atoms with Crippen LogP contribution in [0.3, 0.4) is 0 Å². The fourth-order valence-electron chi connectivity index (χ4n) is 2.72. The summed E-state index contributed by atoms with van der Waals surface area (Å²) in [5.74, 6) is 0. The number of nitrogens with zero attached hydrogens (tertiary/aromatic N) is 1. The normalized spacial score (nSPS) is 23.0. The predicted octanol–water partition coefficient (Wildman–Crippen LogP) is 3.67. The van der Waals surface area contributed by atoms with Gasteiger partial charge in [-0.05, 0) is 37.9 Å². The highest BCUT2D eigenvalue weighted by Crippen LogP contribution is 2.21. The van der Waals surface area contributed by atoms with Crippen LogP contribution < -0.4 is 5.32 Å². The third kappa shape index (κ3) is 6.19. The van der Waals surface area contributed by atoms with Gasteiger partial charge in [0, 0.05) is 12.6 Å². The van der Waals surface area contributed by atoms with Crippen molar-refractivity contribution in [3.05, 3.63) is 0 Å². The van der Waals surface area contributed by atoms with E-state index < -0.39 is 0 Å². The molecular weight excluding hydrogens is 220 g/mol. The largest absolute Gasteiger partial charge is 0.312 e. The summed E-state index contributed by atoms with van der Waals surface area (Å²) in [6.07, 6.45) is 8.29. The third-order valence-electron chi connectivity index (χ3n) is 4.11. The molecule has 0 aliphatic carbocycles. The van der Waals surface area contributed by atoms with Gasteiger partial charge in [-0.25, -0.2) is 0 Å². The Balaban J connectivity index is 2.26. The molecule has 2 heteroatoms. The van der Waals surface area contributed by atoms with E-state index in [-0.39, 0.29) is 0 Å². The molecule has 1 unspecified atom stereocenters. The van der Waals surface area contributed by atoms with E-state index >= 15 is 0 Å². The van der Waals surface area contributed by atoms with Crippen LogP contribution in [0.4, 0.5) is 0 Å². The summed E-state index contributed by atoms with van der Waals surface area (Å²) in [5, 5.41) is 3.72. The van der Waals surface area contributed by atoms with Gasteiger partial charge in [-0.1, -0.05) is 53.4 Å². The Morgan fingerprint density at radius 3 is 2.50 bits per heavy atom. The first-order valence-corrected chi connectivity index (χ1v) is 7.99. The van der Waals surface area contributed by atoms with Gasteiger partial charge in [-0.2, -0.15) is 0 Å². The van der Waals surface area contributed by atoms with Crippen molar-refractivity contribution in [3.8, 4) is 0 Å². The van der Waals surface area contributed by atoms with E-state index in [1.807, 2.05) is 0 Å². The van der Waals surface area contributed by atoms with Gasteiger partial charge in [0.05, 0.1) is 0 Å². The van der Waals surface area contributed by atoms with E-state index in [9.17, 15) is 0 Å². The van der Waals surface area contributed by atoms with Gasteiger partial charge in [0.2, 0.25) is 0 Å². The van der Waals surface area contributed by atoms with Crippen molar-refractivity contribution in [1.29, 1.82) is 0 Å². The minimum atomic E-state index is 0.380. The molecular formula is C16H34N2. The topological polar surface area (TPSA) is 15.3 Å². The van der Waals surface area contributed by atoms with Crippen LogP contribution in [0.1, 0.15) is 66.2 Å². The van der Waals surface area contributed by atoms with Crippen LogP contribution in [0.25, 0.3) is 0 Å². The standard InChI is InChI=1S/C16H34N2/c1-5-6-7-8-9-12-18-13-10-11-17-15(14-18)16(2,3)4/h15,17H,5-14H2,1-4H3. The second-order valence-corrected chi connectivity index (χ2v) is 6.94. The monoisotopic (exact) mass is 254 g/mol. The van der Waals surface area contributed by atoms with Crippen molar-refractivity contribution < 1.29 is 0 Å². The molecule has 2 nitrogen and oxygen atoms in total. The average molecular weight is 254 g/mol. The molecule has 0 saturated carbocycles. The summed E-state index contributed by atoms with van der Waals surface area (Å²) in [6, 6.07) is 0.649. The minimum Gasteiger partial charge on any atom is -0.312 e. The number of unbranched alkanes of at least 4 members (excludes halogenated alkanes) is 4. The highest BCUT2D eigenvalue weighted by molar-refractivity contribution is 4.85. The fraction of sp³-hybridized carbons (Fsp3) is 1.00. The smallest absolute Gasteiger partial charge is 0.0243 e. The summed E-state index contributed by atoms with van der Waals surface area (Å²) < 4.78 is 0. The zero-order chi connectivity index (χ0) is 13.4. The second kappa shape index (κ2) is 8.16. The van der Waals surface area contributed by atoms with E-state index in [4.69, 9.17) is 0 Å². The van der Waals surface area contributed by atoms with E-state index in [2.05, 4.69) is 37.9 Å². The number of hydrogen-bond acceptors (Lipinski definition) is 2. The van der Waals surface area contributed by atoms with E-state index in [0.29, 0.717) is 11.5 Å². The first kappa shape index (κ1) is 16.0. The van der Waals surface area contributed by atoms with Crippen LogP contribution in [0.2, 0.25) is 0 Å². The van der Waals surface area contributed by atoms with Gasteiger partial charge in [0.1, 0.15) is 0 Å². The lowest BCUT2D eigenvalue weighted by Gasteiger charge is -2.33. The minimum absolute atomic E-state index is 0.380. The van der Waals surface area contributed by atoms with E-state index in [0.717, 1.165) is 0 Å². The van der Waals surface area contributed by atoms with Crippen LogP contribution in [-0.2, 0) is 0 Å². The lowest BCUT2D eigenvalue weighted by molar-refractivity contribution is 0.194. The van der Waals surface area contributed by atoms with Gasteiger partial charge < -0.3 is 10.2 Å². The second-order valence-electron chi connectivity index (χ2n) is 6.94. The van der Waals surface area contributed by atoms with Gasteiger partial charge >= 0.3 is 0 Å². The zero-order valence-electron chi connectivity index (χ0n) is 13.1. The first-order chi connectivity index (χ1) is 8.54. The highest BCUT2D eigenvalue weighted by Gasteiger charge is 2.27. The van der Waals surface area contributed by atoms with Gasteiger partial charge in [-0.15, -0.1) is 0 Å². The van der Waals surface area contributed by atoms with Crippen LogP contribution in [-0.4, -0.2) is 37.1 Å². The molecule has 1 atom stereocenters. The van der Waals surface area contributed by atoms with Crippen molar-refractivity contribution >= 4 is 0 Å². The fourth-order valence-corrected chi connectivity index (χ4v) is 2.72. The predicted molar refractivity (Wildman–Crippen MR) is 81.1 cm³/mol. The van der Waals surface area contributed by atoms with Crippen molar-refractivity contribution in [1.82, 2.24) is 10.2 Å². The van der Waals surface area contributed by atoms with Crippen LogP contribution in [0.15, 0.2) is 0 Å². The molecule has 0 amide bonds. The molecule has 1 aliphatic rings. The SMILES string of the molecule is CCCCCCCN1CCCNC(C(C)(C)C)C1. The Morgan fingerprint density at radius 2 is 1.83 bits per heavy atom. The number of hydrogen-bond donors (Lipinski definition) is 1. The Morgan fingerprint density at radius 1 is 1.11 bits per heavy atom. The summed E-state index contributed by atoms with van der Waals surface area (Å²) in [6.45, 7) is 14.4. The molecule has 18 heavy (non-hydrogen) atoms. The molecule has 0 radical (unpaired) electrons. The molecule has 1 rings (SSSR count). The number of nitrogens with one attached hydrogen (secondary N) is 1. The molecule has 1 fully saturated rings. The summed E-state index contributed by atoms with van der Waals surface area (Å²) in [5.41, 5.74) is 0.380. The molecule has 1 N–H and O–H groups in total. The lowest BCUT2D eigenvalue weighted by Crippen LogP contribution is -2.46. The Kier molecular flexibility index (Phi) is 7.25. The molecule has 0 aromatic heterocycles. The quantitative estimate of drug-likeness (QED) is 0.728. The molecule has 1 aliphatic heterocycles. The van der Waals surface area contributed by atoms with Crippen LogP contribution in [0.5, 0.6) is 0 Å². The van der Waals surface area contributed by atoms with E-state index in [1.165, 1.54) is 64.7 Å². The molecule has 1 heterocycles. The molecule has 0 aromatic rings. The highest BCUT2D eigenvalue weighted by atomic mass is 15.2. The molecule has 0 bridgehead atoms. The maximum absolute atomic E-state index is 3.72. The maximum atomic E-state index is 3.72. The molecule has 108 valence electrons. The summed E-state index contributed by atoms with van der Waals surface area (Å²) in [4.78, 5) is 2.68. The molecule has 0 aromatic carbocycles. The van der Waals surface area contributed by atoms with Crippen molar-refractivity contribution in [2.75, 3.05) is 26.2 Å². The van der Waals surface area contributed by atoms with Crippen LogP contribution >= 0.6 is 0 Å².